The van der Waals surface area contributed by atoms with Crippen molar-refractivity contribution in [2.24, 2.45) is 5.92 Å². The van der Waals surface area contributed by atoms with Gasteiger partial charge in [-0.2, -0.15) is 0 Å². The molecule has 1 saturated carbocycles. The molecule has 0 radical (unpaired) electrons. The minimum Gasteiger partial charge on any atom is -0.481 e. The van der Waals surface area contributed by atoms with E-state index in [0.29, 0.717) is 12.3 Å². The molecule has 2 fully saturated rings. The van der Waals surface area contributed by atoms with Gasteiger partial charge < -0.3 is 15.7 Å². The van der Waals surface area contributed by atoms with Crippen LogP contribution in [0, 0.1) is 5.92 Å². The average Bonchev–Trinajstić information content (AvgIpc) is 2.34. The van der Waals surface area contributed by atoms with Crippen LogP contribution in [0.1, 0.15) is 51.4 Å². The van der Waals surface area contributed by atoms with E-state index in [0.717, 1.165) is 51.6 Å². The van der Waals surface area contributed by atoms with Gasteiger partial charge in [-0.3, -0.25) is 9.59 Å². The largest absolute Gasteiger partial charge is 0.481 e. The molecule has 0 bridgehead atoms. The summed E-state index contributed by atoms with van der Waals surface area (Å²) in [6.07, 6.45) is 6.44. The first-order valence-electron chi connectivity index (χ1n) is 7.33. The van der Waals surface area contributed by atoms with Crippen molar-refractivity contribution in [1.29, 1.82) is 0 Å². The number of hydrogen-bond acceptors (Lipinski definition) is 3. The molecule has 0 spiro atoms. The Hall–Kier alpha value is -1.10. The van der Waals surface area contributed by atoms with E-state index in [9.17, 15) is 9.59 Å². The topological polar surface area (TPSA) is 78.4 Å². The predicted molar refractivity (Wildman–Crippen MR) is 71.8 cm³/mol. The molecule has 0 aromatic heterocycles. The third-order valence-electron chi connectivity index (χ3n) is 4.44. The minimum absolute atomic E-state index is 0.0273. The van der Waals surface area contributed by atoms with E-state index in [1.54, 1.807) is 0 Å². The fourth-order valence-corrected chi connectivity index (χ4v) is 3.10. The first-order valence-corrected chi connectivity index (χ1v) is 7.33. The summed E-state index contributed by atoms with van der Waals surface area (Å²) in [4.78, 5) is 22.8. The van der Waals surface area contributed by atoms with E-state index in [4.69, 9.17) is 5.11 Å². The Morgan fingerprint density at radius 1 is 1.26 bits per heavy atom. The number of hydrogen-bond donors (Lipinski definition) is 3. The van der Waals surface area contributed by atoms with Gasteiger partial charge in [-0.15, -0.1) is 0 Å². The lowest BCUT2D eigenvalue weighted by atomic mass is 9.74. The number of carboxylic acids is 1. The van der Waals surface area contributed by atoms with E-state index in [1.165, 1.54) is 0 Å². The van der Waals surface area contributed by atoms with Crippen LogP contribution in [0.25, 0.3) is 0 Å². The van der Waals surface area contributed by atoms with Crippen molar-refractivity contribution in [3.05, 3.63) is 0 Å². The highest BCUT2D eigenvalue weighted by Gasteiger charge is 2.40. The summed E-state index contributed by atoms with van der Waals surface area (Å²) in [7, 11) is 0. The highest BCUT2D eigenvalue weighted by molar-refractivity contribution is 5.78. The van der Waals surface area contributed by atoms with Gasteiger partial charge in [0.1, 0.15) is 0 Å². The smallest absolute Gasteiger partial charge is 0.305 e. The zero-order chi connectivity index (χ0) is 13.7. The number of piperidine rings is 1. The van der Waals surface area contributed by atoms with Gasteiger partial charge in [0.05, 0.1) is 12.0 Å². The van der Waals surface area contributed by atoms with Gasteiger partial charge in [0.25, 0.3) is 0 Å². The number of rotatable bonds is 6. The van der Waals surface area contributed by atoms with Gasteiger partial charge in [-0.25, -0.2) is 0 Å². The van der Waals surface area contributed by atoms with E-state index in [-0.39, 0.29) is 12.3 Å². The van der Waals surface area contributed by atoms with Crippen LogP contribution in [0.2, 0.25) is 0 Å². The number of carbonyl (C=O) groups is 2. The van der Waals surface area contributed by atoms with E-state index >= 15 is 0 Å². The Balaban J connectivity index is 1.72. The molecule has 2 aliphatic rings. The molecular formula is C14H24N2O3. The molecule has 5 heteroatoms. The van der Waals surface area contributed by atoms with Gasteiger partial charge in [0.2, 0.25) is 5.91 Å². The summed E-state index contributed by atoms with van der Waals surface area (Å²) in [5.41, 5.74) is -0.447. The quantitative estimate of drug-likeness (QED) is 0.678. The van der Waals surface area contributed by atoms with E-state index in [2.05, 4.69) is 10.6 Å². The summed E-state index contributed by atoms with van der Waals surface area (Å²) >= 11 is 0. The summed E-state index contributed by atoms with van der Waals surface area (Å²) in [5.74, 6) is -0.151. The zero-order valence-electron chi connectivity index (χ0n) is 11.4. The van der Waals surface area contributed by atoms with Crippen LogP contribution < -0.4 is 10.6 Å². The number of carboxylic acid groups (broad SMARTS) is 1. The van der Waals surface area contributed by atoms with Gasteiger partial charge >= 0.3 is 5.97 Å². The fraction of sp³-hybridized carbons (Fsp3) is 0.857. The minimum atomic E-state index is -0.821. The molecule has 1 amide bonds. The van der Waals surface area contributed by atoms with Crippen LogP contribution >= 0.6 is 0 Å². The normalized spacial score (nSPS) is 22.5. The second kappa shape index (κ2) is 6.37. The molecule has 1 aliphatic heterocycles. The molecule has 1 heterocycles. The Morgan fingerprint density at radius 2 is 1.95 bits per heavy atom. The molecule has 5 nitrogen and oxygen atoms in total. The Bertz CT molecular complexity index is 334. The monoisotopic (exact) mass is 268 g/mol. The van der Waals surface area contributed by atoms with E-state index < -0.39 is 11.5 Å². The third kappa shape index (κ3) is 4.20. The molecule has 19 heavy (non-hydrogen) atoms. The number of amides is 1. The molecule has 108 valence electrons. The lowest BCUT2D eigenvalue weighted by Gasteiger charge is -2.41. The molecule has 3 N–H and O–H groups in total. The molecular weight excluding hydrogens is 244 g/mol. The van der Waals surface area contributed by atoms with Crippen molar-refractivity contribution in [3.8, 4) is 0 Å². The van der Waals surface area contributed by atoms with Crippen LogP contribution in [0.4, 0.5) is 0 Å². The third-order valence-corrected chi connectivity index (χ3v) is 4.44. The highest BCUT2D eigenvalue weighted by Crippen LogP contribution is 2.35. The van der Waals surface area contributed by atoms with Crippen molar-refractivity contribution in [3.63, 3.8) is 0 Å². The van der Waals surface area contributed by atoms with Crippen molar-refractivity contribution >= 4 is 11.9 Å². The van der Waals surface area contributed by atoms with Crippen molar-refractivity contribution in [1.82, 2.24) is 10.6 Å². The maximum atomic E-state index is 12.0. The second-order valence-electron chi connectivity index (χ2n) is 5.98. The molecule has 2 rings (SSSR count). The molecule has 0 atom stereocenters. The second-order valence-corrected chi connectivity index (χ2v) is 5.98. The molecule has 1 aliphatic carbocycles. The van der Waals surface area contributed by atoms with E-state index in [1.807, 2.05) is 0 Å². The SMILES string of the molecule is O=C(O)CC1(NC(=O)CCC2CCNCC2)CCC1. The van der Waals surface area contributed by atoms with Crippen LogP contribution in [-0.4, -0.2) is 35.6 Å². The Morgan fingerprint density at radius 3 is 2.47 bits per heavy atom. The zero-order valence-corrected chi connectivity index (χ0v) is 11.4. The van der Waals surface area contributed by atoms with Crippen molar-refractivity contribution in [2.45, 2.75) is 56.9 Å². The predicted octanol–water partition coefficient (Wildman–Crippen LogP) is 1.28. The maximum absolute atomic E-state index is 12.0. The van der Waals surface area contributed by atoms with Gasteiger partial charge in [0, 0.05) is 6.42 Å². The average molecular weight is 268 g/mol. The van der Waals surface area contributed by atoms with Gasteiger partial charge in [0.15, 0.2) is 0 Å². The summed E-state index contributed by atoms with van der Waals surface area (Å²) in [5, 5.41) is 15.2. The number of aliphatic carboxylic acids is 1. The van der Waals surface area contributed by atoms with Gasteiger partial charge in [-0.1, -0.05) is 0 Å². The lowest BCUT2D eigenvalue weighted by molar-refractivity contribution is -0.140. The molecule has 0 aromatic rings. The van der Waals surface area contributed by atoms with Crippen molar-refractivity contribution in [2.75, 3.05) is 13.1 Å². The maximum Gasteiger partial charge on any atom is 0.305 e. The first kappa shape index (κ1) is 14.3. The summed E-state index contributed by atoms with van der Waals surface area (Å²) in [6, 6.07) is 0. The van der Waals surface area contributed by atoms with Gasteiger partial charge in [-0.05, 0) is 57.5 Å². The van der Waals surface area contributed by atoms with Crippen molar-refractivity contribution < 1.29 is 14.7 Å². The van der Waals surface area contributed by atoms with Crippen LogP contribution in [0.5, 0.6) is 0 Å². The number of carbonyl (C=O) groups excluding carboxylic acids is 1. The van der Waals surface area contributed by atoms with Crippen LogP contribution in [0.3, 0.4) is 0 Å². The summed E-state index contributed by atoms with van der Waals surface area (Å²) < 4.78 is 0. The Labute approximate surface area is 114 Å². The Kier molecular flexibility index (Phi) is 4.80. The molecule has 1 saturated heterocycles. The molecule has 0 unspecified atom stereocenters. The molecule has 0 aromatic carbocycles. The fourth-order valence-electron chi connectivity index (χ4n) is 3.10. The highest BCUT2D eigenvalue weighted by atomic mass is 16.4. The van der Waals surface area contributed by atoms with Crippen LogP contribution in [0.15, 0.2) is 0 Å². The standard InChI is InChI=1S/C14H24N2O3/c17-12(3-2-11-4-8-15-9-5-11)16-14(6-1-7-14)10-13(18)19/h11,15H,1-10H2,(H,16,17)(H,18,19). The number of nitrogens with one attached hydrogen (secondary N) is 2. The van der Waals surface area contributed by atoms with Crippen LogP contribution in [-0.2, 0) is 9.59 Å². The lowest BCUT2D eigenvalue weighted by Crippen LogP contribution is -2.54. The first-order chi connectivity index (χ1) is 9.10. The summed E-state index contributed by atoms with van der Waals surface area (Å²) in [6.45, 7) is 2.10.